The molecule has 0 aliphatic rings. The maximum absolute atomic E-state index is 12.3. The zero-order valence-electron chi connectivity index (χ0n) is 7.04. The van der Waals surface area contributed by atoms with Gasteiger partial charge in [0.25, 0.3) is 6.43 Å². The van der Waals surface area contributed by atoms with E-state index in [0.717, 1.165) is 12.1 Å². The molecule has 0 unspecified atom stereocenters. The Morgan fingerprint density at radius 2 is 2.07 bits per heavy atom. The van der Waals surface area contributed by atoms with Crippen molar-refractivity contribution in [2.45, 2.75) is 12.8 Å². The fourth-order valence-corrected chi connectivity index (χ4v) is 0.966. The largest absolute Gasteiger partial charge is 0.264 e. The number of alkyl halides is 2. The summed E-state index contributed by atoms with van der Waals surface area (Å²) in [7, 11) is 0. The second-order valence-corrected chi connectivity index (χ2v) is 2.52. The molecule has 0 radical (unpaired) electrons. The van der Waals surface area contributed by atoms with Gasteiger partial charge in [-0.25, -0.2) is 13.8 Å². The SMILES string of the molecule is N#CCc1cc(C(F)F)cc(C#N)n1. The Morgan fingerprint density at radius 1 is 1.36 bits per heavy atom. The van der Waals surface area contributed by atoms with E-state index in [4.69, 9.17) is 10.5 Å². The number of hydrogen-bond acceptors (Lipinski definition) is 3. The van der Waals surface area contributed by atoms with Gasteiger partial charge in [-0.05, 0) is 12.1 Å². The van der Waals surface area contributed by atoms with E-state index < -0.39 is 6.43 Å². The Labute approximate surface area is 79.2 Å². The minimum atomic E-state index is -2.65. The first-order chi connectivity index (χ1) is 6.67. The summed E-state index contributed by atoms with van der Waals surface area (Å²) in [6, 6.07) is 5.60. The highest BCUT2D eigenvalue weighted by Crippen LogP contribution is 2.19. The van der Waals surface area contributed by atoms with Crippen molar-refractivity contribution in [1.82, 2.24) is 4.98 Å². The summed E-state index contributed by atoms with van der Waals surface area (Å²) < 4.78 is 24.6. The lowest BCUT2D eigenvalue weighted by molar-refractivity contribution is 0.151. The summed E-state index contributed by atoms with van der Waals surface area (Å²) in [5, 5.41) is 16.8. The molecule has 0 aliphatic heterocycles. The van der Waals surface area contributed by atoms with Crippen LogP contribution in [0.25, 0.3) is 0 Å². The number of rotatable bonds is 2. The first-order valence-electron chi connectivity index (χ1n) is 3.73. The number of nitrogens with zero attached hydrogens (tertiary/aromatic N) is 3. The van der Waals surface area contributed by atoms with Crippen LogP contribution in [0.2, 0.25) is 0 Å². The molecule has 0 fully saturated rings. The highest BCUT2D eigenvalue weighted by molar-refractivity contribution is 5.30. The van der Waals surface area contributed by atoms with E-state index in [-0.39, 0.29) is 23.4 Å². The van der Waals surface area contributed by atoms with E-state index in [1.54, 1.807) is 12.1 Å². The van der Waals surface area contributed by atoms with Crippen LogP contribution in [0.15, 0.2) is 12.1 Å². The summed E-state index contributed by atoms with van der Waals surface area (Å²) in [5.41, 5.74) is -0.170. The lowest BCUT2D eigenvalue weighted by Crippen LogP contribution is -1.96. The Bertz CT molecular complexity index is 415. The van der Waals surface area contributed by atoms with Crippen LogP contribution < -0.4 is 0 Å². The number of pyridine rings is 1. The average Bonchev–Trinajstić information content (AvgIpc) is 2.17. The van der Waals surface area contributed by atoms with Crippen LogP contribution in [0.4, 0.5) is 8.78 Å². The molecule has 5 heteroatoms. The van der Waals surface area contributed by atoms with Gasteiger partial charge in [0.1, 0.15) is 11.8 Å². The monoisotopic (exact) mass is 193 g/mol. The molecule has 1 rings (SSSR count). The first kappa shape index (κ1) is 10.1. The molecule has 0 bridgehead atoms. The standard InChI is InChI=1S/C9H5F2N3/c10-9(11)6-3-7(1-2-12)14-8(4-6)5-13/h3-4,9H,1H2. The summed E-state index contributed by atoms with van der Waals surface area (Å²) in [5.74, 6) is 0. The van der Waals surface area contributed by atoms with Crippen LogP contribution in [-0.4, -0.2) is 4.98 Å². The fraction of sp³-hybridized carbons (Fsp3) is 0.222. The third-order valence-corrected chi connectivity index (χ3v) is 1.53. The van der Waals surface area contributed by atoms with Gasteiger partial charge in [-0.1, -0.05) is 0 Å². The van der Waals surface area contributed by atoms with Crippen molar-refractivity contribution in [2.24, 2.45) is 0 Å². The summed E-state index contributed by atoms with van der Waals surface area (Å²) in [6.45, 7) is 0. The normalized spacial score (nSPS) is 9.50. The predicted octanol–water partition coefficient (Wildman–Crippen LogP) is 1.96. The average molecular weight is 193 g/mol. The molecular weight excluding hydrogens is 188 g/mol. The van der Waals surface area contributed by atoms with Crippen molar-refractivity contribution in [2.75, 3.05) is 0 Å². The first-order valence-corrected chi connectivity index (χ1v) is 3.73. The summed E-state index contributed by atoms with van der Waals surface area (Å²) in [4.78, 5) is 3.71. The smallest absolute Gasteiger partial charge is 0.241 e. The van der Waals surface area contributed by atoms with E-state index in [0.29, 0.717) is 0 Å². The molecule has 0 amide bonds. The van der Waals surface area contributed by atoms with E-state index in [1.165, 1.54) is 0 Å². The molecule has 1 heterocycles. The van der Waals surface area contributed by atoms with Crippen LogP contribution in [0.3, 0.4) is 0 Å². The Hall–Kier alpha value is -2.01. The van der Waals surface area contributed by atoms with Crippen molar-refractivity contribution in [3.05, 3.63) is 29.1 Å². The number of aromatic nitrogens is 1. The van der Waals surface area contributed by atoms with Crippen LogP contribution in [-0.2, 0) is 6.42 Å². The third-order valence-electron chi connectivity index (χ3n) is 1.53. The molecule has 0 aliphatic carbocycles. The topological polar surface area (TPSA) is 60.5 Å². The van der Waals surface area contributed by atoms with E-state index in [9.17, 15) is 8.78 Å². The maximum atomic E-state index is 12.3. The van der Waals surface area contributed by atoms with Crippen LogP contribution >= 0.6 is 0 Å². The third kappa shape index (κ3) is 2.24. The van der Waals surface area contributed by atoms with Gasteiger partial charge in [-0.3, -0.25) is 0 Å². The minimum absolute atomic E-state index is 0.0742. The van der Waals surface area contributed by atoms with Gasteiger partial charge in [0.2, 0.25) is 0 Å². The zero-order valence-corrected chi connectivity index (χ0v) is 7.04. The van der Waals surface area contributed by atoms with Crippen molar-refractivity contribution in [3.63, 3.8) is 0 Å². The van der Waals surface area contributed by atoms with Gasteiger partial charge in [0.15, 0.2) is 0 Å². The van der Waals surface area contributed by atoms with Crippen molar-refractivity contribution in [3.8, 4) is 12.1 Å². The molecular formula is C9H5F2N3. The zero-order chi connectivity index (χ0) is 10.6. The Balaban J connectivity index is 3.16. The maximum Gasteiger partial charge on any atom is 0.264 e. The van der Waals surface area contributed by atoms with Crippen LogP contribution in [0.1, 0.15) is 23.4 Å². The van der Waals surface area contributed by atoms with E-state index in [1.807, 2.05) is 0 Å². The van der Waals surface area contributed by atoms with Crippen LogP contribution in [0, 0.1) is 22.7 Å². The predicted molar refractivity (Wildman–Crippen MR) is 43.2 cm³/mol. The second-order valence-electron chi connectivity index (χ2n) is 2.52. The van der Waals surface area contributed by atoms with Crippen molar-refractivity contribution < 1.29 is 8.78 Å². The molecule has 0 saturated carbocycles. The Kier molecular flexibility index (Phi) is 3.09. The lowest BCUT2D eigenvalue weighted by atomic mass is 10.2. The quantitative estimate of drug-likeness (QED) is 0.721. The molecule has 1 aromatic rings. The highest BCUT2D eigenvalue weighted by Gasteiger charge is 2.10. The van der Waals surface area contributed by atoms with Gasteiger partial charge in [-0.2, -0.15) is 10.5 Å². The van der Waals surface area contributed by atoms with Crippen LogP contribution in [0.5, 0.6) is 0 Å². The van der Waals surface area contributed by atoms with Gasteiger partial charge in [0.05, 0.1) is 18.2 Å². The summed E-state index contributed by atoms with van der Waals surface area (Å²) in [6.07, 6.45) is -2.72. The molecule has 70 valence electrons. The molecule has 0 N–H and O–H groups in total. The van der Waals surface area contributed by atoms with E-state index in [2.05, 4.69) is 4.98 Å². The van der Waals surface area contributed by atoms with Crippen molar-refractivity contribution >= 4 is 0 Å². The van der Waals surface area contributed by atoms with Crippen molar-refractivity contribution in [1.29, 1.82) is 10.5 Å². The number of hydrogen-bond donors (Lipinski definition) is 0. The molecule has 0 spiro atoms. The molecule has 0 aromatic carbocycles. The molecule has 0 atom stereocenters. The highest BCUT2D eigenvalue weighted by atomic mass is 19.3. The van der Waals surface area contributed by atoms with Gasteiger partial charge in [-0.15, -0.1) is 0 Å². The number of nitriles is 2. The molecule has 1 aromatic heterocycles. The molecule has 14 heavy (non-hydrogen) atoms. The minimum Gasteiger partial charge on any atom is -0.241 e. The lowest BCUT2D eigenvalue weighted by Gasteiger charge is -2.01. The second kappa shape index (κ2) is 4.29. The van der Waals surface area contributed by atoms with Gasteiger partial charge in [0, 0.05) is 5.56 Å². The Morgan fingerprint density at radius 3 is 2.57 bits per heavy atom. The van der Waals surface area contributed by atoms with Gasteiger partial charge < -0.3 is 0 Å². The fourth-order valence-electron chi connectivity index (χ4n) is 0.966. The molecule has 3 nitrogen and oxygen atoms in total. The number of halogens is 2. The molecule has 0 saturated heterocycles. The van der Waals surface area contributed by atoms with E-state index >= 15 is 0 Å². The summed E-state index contributed by atoms with van der Waals surface area (Å²) >= 11 is 0. The van der Waals surface area contributed by atoms with Gasteiger partial charge >= 0.3 is 0 Å².